The Balaban J connectivity index is 2.48. The van der Waals surface area contributed by atoms with Crippen molar-refractivity contribution in [2.75, 3.05) is 0 Å². The Bertz CT molecular complexity index is 518. The van der Waals surface area contributed by atoms with Crippen molar-refractivity contribution in [2.24, 2.45) is 0 Å². The molecule has 0 unspecified atom stereocenters. The van der Waals surface area contributed by atoms with Crippen LogP contribution in [0.4, 0.5) is 0 Å². The molecular weight excluding hydrogens is 218 g/mol. The standard InChI is InChI=1S/C14H12ClN/c1-10(2)12-8-13(15)14(16-9-12)11-6-4-3-5-7-11/h3-9H,1H2,2H3. The molecule has 2 rings (SSSR count). The zero-order valence-electron chi connectivity index (χ0n) is 9.07. The van der Waals surface area contributed by atoms with Crippen molar-refractivity contribution in [3.8, 4) is 11.3 Å². The maximum atomic E-state index is 6.20. The number of benzene rings is 1. The highest BCUT2D eigenvalue weighted by Crippen LogP contribution is 2.27. The van der Waals surface area contributed by atoms with Gasteiger partial charge in [0.05, 0.1) is 10.7 Å². The highest BCUT2D eigenvalue weighted by Gasteiger charge is 2.05. The summed E-state index contributed by atoms with van der Waals surface area (Å²) in [5, 5.41) is 0.659. The van der Waals surface area contributed by atoms with E-state index in [9.17, 15) is 0 Å². The predicted molar refractivity (Wildman–Crippen MR) is 69.4 cm³/mol. The molecule has 1 aromatic carbocycles. The van der Waals surface area contributed by atoms with Gasteiger partial charge in [-0.15, -0.1) is 0 Å². The average molecular weight is 230 g/mol. The van der Waals surface area contributed by atoms with Gasteiger partial charge in [-0.05, 0) is 24.1 Å². The van der Waals surface area contributed by atoms with Gasteiger partial charge in [-0.3, -0.25) is 4.98 Å². The van der Waals surface area contributed by atoms with Crippen molar-refractivity contribution in [3.63, 3.8) is 0 Å². The molecular formula is C14H12ClN. The van der Waals surface area contributed by atoms with Gasteiger partial charge in [0, 0.05) is 11.8 Å². The molecule has 0 fully saturated rings. The van der Waals surface area contributed by atoms with E-state index in [0.717, 1.165) is 22.4 Å². The first-order chi connectivity index (χ1) is 7.68. The lowest BCUT2D eigenvalue weighted by Crippen LogP contribution is -1.87. The van der Waals surface area contributed by atoms with Gasteiger partial charge in [0.25, 0.3) is 0 Å². The average Bonchev–Trinajstić information content (AvgIpc) is 2.30. The fourth-order valence-corrected chi connectivity index (χ4v) is 1.76. The van der Waals surface area contributed by atoms with Crippen LogP contribution in [-0.2, 0) is 0 Å². The van der Waals surface area contributed by atoms with Crippen molar-refractivity contribution < 1.29 is 0 Å². The summed E-state index contributed by atoms with van der Waals surface area (Å²) in [7, 11) is 0. The van der Waals surface area contributed by atoms with Gasteiger partial charge in [0.2, 0.25) is 0 Å². The number of aromatic nitrogens is 1. The van der Waals surface area contributed by atoms with E-state index in [-0.39, 0.29) is 0 Å². The number of pyridine rings is 1. The van der Waals surface area contributed by atoms with Crippen molar-refractivity contribution in [2.45, 2.75) is 6.92 Å². The molecule has 1 aromatic heterocycles. The molecule has 0 aliphatic heterocycles. The van der Waals surface area contributed by atoms with Gasteiger partial charge in [-0.25, -0.2) is 0 Å². The summed E-state index contributed by atoms with van der Waals surface area (Å²) in [6.45, 7) is 5.81. The largest absolute Gasteiger partial charge is 0.254 e. The van der Waals surface area contributed by atoms with Crippen LogP contribution in [0.2, 0.25) is 5.02 Å². The minimum Gasteiger partial charge on any atom is -0.254 e. The topological polar surface area (TPSA) is 12.9 Å². The van der Waals surface area contributed by atoms with Crippen LogP contribution in [0, 0.1) is 0 Å². The molecule has 16 heavy (non-hydrogen) atoms. The lowest BCUT2D eigenvalue weighted by molar-refractivity contribution is 1.30. The molecule has 0 bridgehead atoms. The van der Waals surface area contributed by atoms with E-state index < -0.39 is 0 Å². The number of hydrogen-bond acceptors (Lipinski definition) is 1. The second kappa shape index (κ2) is 4.50. The second-order valence-electron chi connectivity index (χ2n) is 3.70. The third-order valence-electron chi connectivity index (χ3n) is 2.38. The summed E-state index contributed by atoms with van der Waals surface area (Å²) >= 11 is 6.20. The summed E-state index contributed by atoms with van der Waals surface area (Å²) in [5.74, 6) is 0. The number of allylic oxidation sites excluding steroid dienone is 1. The number of hydrogen-bond donors (Lipinski definition) is 0. The monoisotopic (exact) mass is 229 g/mol. The fraction of sp³-hybridized carbons (Fsp3) is 0.0714. The third-order valence-corrected chi connectivity index (χ3v) is 2.67. The number of rotatable bonds is 2. The van der Waals surface area contributed by atoms with E-state index in [0.29, 0.717) is 5.02 Å². The molecule has 0 spiro atoms. The van der Waals surface area contributed by atoms with E-state index in [2.05, 4.69) is 11.6 Å². The molecule has 0 aliphatic rings. The van der Waals surface area contributed by atoms with E-state index in [4.69, 9.17) is 11.6 Å². The van der Waals surface area contributed by atoms with Crippen LogP contribution in [-0.4, -0.2) is 4.98 Å². The van der Waals surface area contributed by atoms with Crippen LogP contribution in [0.1, 0.15) is 12.5 Å². The molecule has 0 aliphatic carbocycles. The van der Waals surface area contributed by atoms with Gasteiger partial charge < -0.3 is 0 Å². The van der Waals surface area contributed by atoms with Crippen LogP contribution in [0.5, 0.6) is 0 Å². The maximum Gasteiger partial charge on any atom is 0.0888 e. The molecule has 0 amide bonds. The normalized spacial score (nSPS) is 10.1. The predicted octanol–water partition coefficient (Wildman–Crippen LogP) is 4.44. The summed E-state index contributed by atoms with van der Waals surface area (Å²) in [6.07, 6.45) is 1.80. The third kappa shape index (κ3) is 2.15. The Hall–Kier alpha value is -1.60. The summed E-state index contributed by atoms with van der Waals surface area (Å²) in [6, 6.07) is 11.8. The minimum absolute atomic E-state index is 0.659. The van der Waals surface area contributed by atoms with E-state index >= 15 is 0 Å². The van der Waals surface area contributed by atoms with Gasteiger partial charge in [0.1, 0.15) is 0 Å². The van der Waals surface area contributed by atoms with E-state index in [1.54, 1.807) is 6.20 Å². The van der Waals surface area contributed by atoms with Crippen LogP contribution in [0.25, 0.3) is 16.8 Å². The second-order valence-corrected chi connectivity index (χ2v) is 4.11. The van der Waals surface area contributed by atoms with E-state index in [1.165, 1.54) is 0 Å². The molecule has 0 saturated heterocycles. The molecule has 80 valence electrons. The molecule has 0 saturated carbocycles. The summed E-state index contributed by atoms with van der Waals surface area (Å²) in [5.41, 5.74) is 3.78. The first-order valence-electron chi connectivity index (χ1n) is 5.05. The fourth-order valence-electron chi connectivity index (χ4n) is 1.48. The lowest BCUT2D eigenvalue weighted by Gasteiger charge is -2.06. The smallest absolute Gasteiger partial charge is 0.0888 e. The van der Waals surface area contributed by atoms with Crippen LogP contribution in [0.15, 0.2) is 49.2 Å². The zero-order chi connectivity index (χ0) is 11.5. The molecule has 0 radical (unpaired) electrons. The van der Waals surface area contributed by atoms with Crippen LogP contribution in [0.3, 0.4) is 0 Å². The Labute approximate surface area is 100 Å². The van der Waals surface area contributed by atoms with Crippen LogP contribution < -0.4 is 0 Å². The highest BCUT2D eigenvalue weighted by molar-refractivity contribution is 6.33. The Morgan fingerprint density at radius 3 is 2.50 bits per heavy atom. The molecule has 2 aromatic rings. The van der Waals surface area contributed by atoms with Crippen molar-refractivity contribution >= 4 is 17.2 Å². The molecule has 0 N–H and O–H groups in total. The lowest BCUT2D eigenvalue weighted by atomic mass is 10.1. The van der Waals surface area contributed by atoms with Crippen molar-refractivity contribution in [1.29, 1.82) is 0 Å². The van der Waals surface area contributed by atoms with E-state index in [1.807, 2.05) is 43.3 Å². The summed E-state index contributed by atoms with van der Waals surface area (Å²) < 4.78 is 0. The molecule has 1 nitrogen and oxygen atoms in total. The first-order valence-corrected chi connectivity index (χ1v) is 5.43. The zero-order valence-corrected chi connectivity index (χ0v) is 9.83. The number of nitrogens with zero attached hydrogens (tertiary/aromatic N) is 1. The summed E-state index contributed by atoms with van der Waals surface area (Å²) in [4.78, 5) is 4.38. The molecule has 0 atom stereocenters. The highest BCUT2D eigenvalue weighted by atomic mass is 35.5. The minimum atomic E-state index is 0.659. The van der Waals surface area contributed by atoms with Gasteiger partial charge in [-0.2, -0.15) is 0 Å². The van der Waals surface area contributed by atoms with Gasteiger partial charge >= 0.3 is 0 Å². The Morgan fingerprint density at radius 2 is 1.94 bits per heavy atom. The van der Waals surface area contributed by atoms with Crippen molar-refractivity contribution in [1.82, 2.24) is 4.98 Å². The maximum absolute atomic E-state index is 6.20. The quantitative estimate of drug-likeness (QED) is 0.742. The Kier molecular flexibility index (Phi) is 3.07. The molecule has 1 heterocycles. The number of halogens is 1. The van der Waals surface area contributed by atoms with Gasteiger partial charge in [-0.1, -0.05) is 48.5 Å². The first kappa shape index (κ1) is 10.9. The Morgan fingerprint density at radius 1 is 1.25 bits per heavy atom. The molecule has 2 heteroatoms. The van der Waals surface area contributed by atoms with Gasteiger partial charge in [0.15, 0.2) is 0 Å². The SMILES string of the molecule is C=C(C)c1cnc(-c2ccccc2)c(Cl)c1. The van der Waals surface area contributed by atoms with Crippen molar-refractivity contribution in [3.05, 3.63) is 59.8 Å². The van der Waals surface area contributed by atoms with Crippen LogP contribution >= 0.6 is 11.6 Å².